The maximum absolute atomic E-state index is 12.3. The summed E-state index contributed by atoms with van der Waals surface area (Å²) in [4.78, 5) is 15.1. The third kappa shape index (κ3) is 3.26. The second-order valence-electron chi connectivity index (χ2n) is 4.14. The molecule has 5 heteroatoms. The van der Waals surface area contributed by atoms with Crippen LogP contribution in [0.5, 0.6) is 11.5 Å². The van der Waals surface area contributed by atoms with Gasteiger partial charge in [0.1, 0.15) is 11.5 Å². The zero-order valence-corrected chi connectivity index (χ0v) is 11.4. The molecule has 0 spiro atoms. The zero-order chi connectivity index (χ0) is 13.8. The molecule has 100 valence electrons. The summed E-state index contributed by atoms with van der Waals surface area (Å²) in [7, 11) is 0. The molecule has 0 bridgehead atoms. The van der Waals surface area contributed by atoms with Crippen LogP contribution in [0.1, 0.15) is 22.2 Å². The van der Waals surface area contributed by atoms with Gasteiger partial charge in [-0.2, -0.15) is 0 Å². The number of hydrogen-bond acceptors (Lipinski definition) is 4. The molecule has 2 rings (SSSR count). The zero-order valence-electron chi connectivity index (χ0n) is 10.5. The molecule has 0 aliphatic rings. The Balaban J connectivity index is 2.20. The molecule has 2 N–H and O–H groups in total. The van der Waals surface area contributed by atoms with Gasteiger partial charge in [-0.3, -0.25) is 4.79 Å². The number of nitrogens with zero attached hydrogens (tertiary/aromatic N) is 1. The van der Waals surface area contributed by atoms with Gasteiger partial charge in [0, 0.05) is 23.1 Å². The third-order valence-corrected chi connectivity index (χ3v) is 3.61. The summed E-state index contributed by atoms with van der Waals surface area (Å²) in [6.45, 7) is 2.99. The number of carbonyl (C=O) groups excluding carboxylic acids is 1. The Bertz CT molecular complexity index is 546. The summed E-state index contributed by atoms with van der Waals surface area (Å²) in [5.74, 6) is -0.437. The van der Waals surface area contributed by atoms with Crippen LogP contribution in [0.2, 0.25) is 0 Å². The highest BCUT2D eigenvalue weighted by Gasteiger charge is 2.16. The SMILES string of the molecule is CCN(Cc1cccs1)C(=O)c1cc(O)cc(O)c1. The number of amides is 1. The number of rotatable bonds is 4. The standard InChI is InChI=1S/C14H15NO3S/c1-2-15(9-13-4-3-5-19-13)14(18)10-6-11(16)8-12(17)7-10/h3-8,16-17H,2,9H2,1H3. The molecule has 1 amide bonds. The number of phenolic OH excluding ortho intramolecular Hbond substituents is 2. The number of phenols is 2. The van der Waals surface area contributed by atoms with E-state index in [0.29, 0.717) is 13.1 Å². The molecule has 0 saturated heterocycles. The average Bonchev–Trinajstić information content (AvgIpc) is 2.86. The van der Waals surface area contributed by atoms with E-state index < -0.39 is 0 Å². The van der Waals surface area contributed by atoms with Crippen molar-refractivity contribution < 1.29 is 15.0 Å². The fourth-order valence-electron chi connectivity index (χ4n) is 1.82. The van der Waals surface area contributed by atoms with Crippen LogP contribution in [0, 0.1) is 0 Å². The molecule has 2 aromatic rings. The molecule has 0 fully saturated rings. The number of thiophene rings is 1. The van der Waals surface area contributed by atoms with E-state index in [-0.39, 0.29) is 23.0 Å². The van der Waals surface area contributed by atoms with Gasteiger partial charge in [0.05, 0.1) is 6.54 Å². The van der Waals surface area contributed by atoms with Gasteiger partial charge in [-0.15, -0.1) is 11.3 Å². The molecular formula is C14H15NO3S. The van der Waals surface area contributed by atoms with Crippen LogP contribution in [0.4, 0.5) is 0 Å². The Morgan fingerprint density at radius 1 is 1.26 bits per heavy atom. The first-order chi connectivity index (χ1) is 9.10. The van der Waals surface area contributed by atoms with E-state index in [4.69, 9.17) is 0 Å². The summed E-state index contributed by atoms with van der Waals surface area (Å²) in [5, 5.41) is 20.8. The van der Waals surface area contributed by atoms with Gasteiger partial charge >= 0.3 is 0 Å². The van der Waals surface area contributed by atoms with Crippen LogP contribution in [0.15, 0.2) is 35.7 Å². The average molecular weight is 277 g/mol. The van der Waals surface area contributed by atoms with E-state index in [1.165, 1.54) is 18.2 Å². The molecule has 0 saturated carbocycles. The minimum atomic E-state index is -0.206. The third-order valence-electron chi connectivity index (χ3n) is 2.75. The van der Waals surface area contributed by atoms with Crippen molar-refractivity contribution in [2.75, 3.05) is 6.54 Å². The van der Waals surface area contributed by atoms with Crippen molar-refractivity contribution in [3.05, 3.63) is 46.2 Å². The summed E-state index contributed by atoms with van der Waals surface area (Å²) in [5.41, 5.74) is 0.288. The lowest BCUT2D eigenvalue weighted by Gasteiger charge is -2.20. The van der Waals surface area contributed by atoms with Crippen LogP contribution in [0.25, 0.3) is 0 Å². The van der Waals surface area contributed by atoms with Crippen molar-refractivity contribution in [1.29, 1.82) is 0 Å². The fraction of sp³-hybridized carbons (Fsp3) is 0.214. The summed E-state index contributed by atoms with van der Waals surface area (Å²) in [6, 6.07) is 7.84. The lowest BCUT2D eigenvalue weighted by Crippen LogP contribution is -2.29. The van der Waals surface area contributed by atoms with Crippen LogP contribution >= 0.6 is 11.3 Å². The molecule has 0 atom stereocenters. The highest BCUT2D eigenvalue weighted by Crippen LogP contribution is 2.22. The summed E-state index contributed by atoms with van der Waals surface area (Å²) < 4.78 is 0. The number of hydrogen-bond donors (Lipinski definition) is 2. The van der Waals surface area contributed by atoms with Crippen molar-refractivity contribution in [2.45, 2.75) is 13.5 Å². The molecule has 0 aliphatic heterocycles. The first-order valence-corrected chi connectivity index (χ1v) is 6.82. The highest BCUT2D eigenvalue weighted by molar-refractivity contribution is 7.09. The predicted octanol–water partition coefficient (Wildman–Crippen LogP) is 2.82. The molecule has 4 nitrogen and oxygen atoms in total. The van der Waals surface area contributed by atoms with Crippen molar-refractivity contribution in [2.24, 2.45) is 0 Å². The van der Waals surface area contributed by atoms with Gasteiger partial charge in [0.15, 0.2) is 0 Å². The molecule has 0 aliphatic carbocycles. The monoisotopic (exact) mass is 277 g/mol. The molecule has 19 heavy (non-hydrogen) atoms. The van der Waals surface area contributed by atoms with Crippen LogP contribution in [-0.2, 0) is 6.54 Å². The molecule has 1 aromatic carbocycles. The van der Waals surface area contributed by atoms with Gasteiger partial charge in [-0.1, -0.05) is 6.07 Å². The Labute approximate surface area is 115 Å². The number of aromatic hydroxyl groups is 2. The summed E-state index contributed by atoms with van der Waals surface area (Å²) >= 11 is 1.59. The van der Waals surface area contributed by atoms with Crippen LogP contribution < -0.4 is 0 Å². The van der Waals surface area contributed by atoms with Crippen LogP contribution in [-0.4, -0.2) is 27.6 Å². The largest absolute Gasteiger partial charge is 0.508 e. The maximum Gasteiger partial charge on any atom is 0.254 e. The number of carbonyl (C=O) groups is 1. The maximum atomic E-state index is 12.3. The number of benzene rings is 1. The predicted molar refractivity (Wildman–Crippen MR) is 74.5 cm³/mol. The van der Waals surface area contributed by atoms with Crippen molar-refractivity contribution in [3.8, 4) is 11.5 Å². The summed E-state index contributed by atoms with van der Waals surface area (Å²) in [6.07, 6.45) is 0. The van der Waals surface area contributed by atoms with E-state index in [9.17, 15) is 15.0 Å². The minimum Gasteiger partial charge on any atom is -0.508 e. The second-order valence-corrected chi connectivity index (χ2v) is 5.17. The van der Waals surface area contributed by atoms with Crippen molar-refractivity contribution >= 4 is 17.2 Å². The fourth-order valence-corrected chi connectivity index (χ4v) is 2.54. The van der Waals surface area contributed by atoms with Crippen LogP contribution in [0.3, 0.4) is 0 Å². The van der Waals surface area contributed by atoms with Crippen molar-refractivity contribution in [3.63, 3.8) is 0 Å². The molecular weight excluding hydrogens is 262 g/mol. The van der Waals surface area contributed by atoms with Gasteiger partial charge < -0.3 is 15.1 Å². The quantitative estimate of drug-likeness (QED) is 0.903. The van der Waals surface area contributed by atoms with E-state index in [1.54, 1.807) is 16.2 Å². The Morgan fingerprint density at radius 3 is 2.47 bits per heavy atom. The molecule has 0 radical (unpaired) electrons. The van der Waals surface area contributed by atoms with Gasteiger partial charge in [0.25, 0.3) is 5.91 Å². The molecule has 0 unspecified atom stereocenters. The first kappa shape index (κ1) is 13.4. The highest BCUT2D eigenvalue weighted by atomic mass is 32.1. The Hall–Kier alpha value is -2.01. The van der Waals surface area contributed by atoms with E-state index in [2.05, 4.69) is 0 Å². The van der Waals surface area contributed by atoms with Gasteiger partial charge in [0.2, 0.25) is 0 Å². The molecule has 1 aromatic heterocycles. The van der Waals surface area contributed by atoms with E-state index in [0.717, 1.165) is 4.88 Å². The van der Waals surface area contributed by atoms with E-state index >= 15 is 0 Å². The van der Waals surface area contributed by atoms with Crippen molar-refractivity contribution in [1.82, 2.24) is 4.90 Å². The smallest absolute Gasteiger partial charge is 0.254 e. The lowest BCUT2D eigenvalue weighted by atomic mass is 10.1. The Morgan fingerprint density at radius 2 is 1.95 bits per heavy atom. The second kappa shape index (κ2) is 5.75. The first-order valence-electron chi connectivity index (χ1n) is 5.95. The molecule has 1 heterocycles. The lowest BCUT2D eigenvalue weighted by molar-refractivity contribution is 0.0753. The Kier molecular flexibility index (Phi) is 4.06. The van der Waals surface area contributed by atoms with Gasteiger partial charge in [-0.25, -0.2) is 0 Å². The minimum absolute atomic E-state index is 0.115. The van der Waals surface area contributed by atoms with Gasteiger partial charge in [-0.05, 0) is 30.5 Å². The topological polar surface area (TPSA) is 60.8 Å². The normalized spacial score (nSPS) is 10.4. The van der Waals surface area contributed by atoms with E-state index in [1.807, 2.05) is 24.4 Å².